The smallest absolute Gasteiger partial charge is 0.170 e. The number of fused-ring (bicyclic) bond motifs is 1. The molecule has 5 heteroatoms. The largest absolute Gasteiger partial charge is 0.381 e. The highest BCUT2D eigenvalue weighted by atomic mass is 15.5. The molecular weight excluding hydrogens is 262 g/mol. The maximum atomic E-state index is 6.02. The van der Waals surface area contributed by atoms with E-state index in [0.717, 1.165) is 28.0 Å². The number of nitrogens with two attached hydrogens (primary N) is 1. The van der Waals surface area contributed by atoms with Crippen LogP contribution < -0.4 is 5.73 Å². The van der Waals surface area contributed by atoms with Gasteiger partial charge < -0.3 is 5.73 Å². The number of para-hydroxylation sites is 1. The normalized spacial score (nSPS) is 12.0. The van der Waals surface area contributed by atoms with Gasteiger partial charge in [0.25, 0.3) is 0 Å². The van der Waals surface area contributed by atoms with Crippen LogP contribution in [0.1, 0.15) is 32.2 Å². The second kappa shape index (κ2) is 4.55. The van der Waals surface area contributed by atoms with E-state index in [1.807, 2.05) is 35.9 Å². The molecule has 2 heterocycles. The standard InChI is InChI=1S/C16H19N5/c1-10-8-9-11-6-5-7-12(13(11)18-10)21-14(16(2,3)4)15(17)19-20-21/h5-9H,17H2,1-4H3. The van der Waals surface area contributed by atoms with Crippen molar-refractivity contribution < 1.29 is 0 Å². The molecule has 21 heavy (non-hydrogen) atoms. The Bertz CT molecular complexity index is 811. The number of nitrogen functional groups attached to an aromatic ring is 1. The predicted molar refractivity (Wildman–Crippen MR) is 84.5 cm³/mol. The first kappa shape index (κ1) is 13.5. The number of benzene rings is 1. The van der Waals surface area contributed by atoms with Crippen LogP contribution in [0.2, 0.25) is 0 Å². The molecule has 1 aromatic carbocycles. The highest BCUT2D eigenvalue weighted by Crippen LogP contribution is 2.30. The van der Waals surface area contributed by atoms with Crippen LogP contribution >= 0.6 is 0 Å². The zero-order valence-corrected chi connectivity index (χ0v) is 12.8. The molecule has 0 atom stereocenters. The monoisotopic (exact) mass is 281 g/mol. The molecule has 5 nitrogen and oxygen atoms in total. The number of aromatic nitrogens is 4. The van der Waals surface area contributed by atoms with E-state index in [0.29, 0.717) is 5.82 Å². The number of hydrogen-bond donors (Lipinski definition) is 1. The van der Waals surface area contributed by atoms with Gasteiger partial charge in [-0.15, -0.1) is 5.10 Å². The van der Waals surface area contributed by atoms with Gasteiger partial charge in [0.15, 0.2) is 5.82 Å². The second-order valence-electron chi connectivity index (χ2n) is 6.29. The lowest BCUT2D eigenvalue weighted by Gasteiger charge is -2.20. The van der Waals surface area contributed by atoms with E-state index < -0.39 is 0 Å². The highest BCUT2D eigenvalue weighted by Gasteiger charge is 2.25. The Kier molecular flexibility index (Phi) is 2.93. The minimum absolute atomic E-state index is 0.153. The van der Waals surface area contributed by atoms with Crippen molar-refractivity contribution in [2.45, 2.75) is 33.1 Å². The fourth-order valence-corrected chi connectivity index (χ4v) is 2.56. The fraction of sp³-hybridized carbons (Fsp3) is 0.312. The molecule has 0 saturated carbocycles. The molecule has 0 aliphatic heterocycles. The third-order valence-electron chi connectivity index (χ3n) is 3.47. The van der Waals surface area contributed by atoms with E-state index in [1.54, 1.807) is 0 Å². The third kappa shape index (κ3) is 2.24. The van der Waals surface area contributed by atoms with Gasteiger partial charge in [-0.25, -0.2) is 4.68 Å². The lowest BCUT2D eigenvalue weighted by molar-refractivity contribution is 0.545. The summed E-state index contributed by atoms with van der Waals surface area (Å²) < 4.78 is 1.81. The molecule has 0 radical (unpaired) electrons. The molecule has 0 spiro atoms. The Hall–Kier alpha value is -2.43. The third-order valence-corrected chi connectivity index (χ3v) is 3.47. The van der Waals surface area contributed by atoms with Crippen LogP contribution in [0.5, 0.6) is 0 Å². The Morgan fingerprint density at radius 1 is 1.10 bits per heavy atom. The fourth-order valence-electron chi connectivity index (χ4n) is 2.56. The molecular formula is C16H19N5. The van der Waals surface area contributed by atoms with Gasteiger partial charge >= 0.3 is 0 Å². The van der Waals surface area contributed by atoms with Crippen LogP contribution in [0.3, 0.4) is 0 Å². The van der Waals surface area contributed by atoms with Crippen molar-refractivity contribution in [2.75, 3.05) is 5.73 Å². The highest BCUT2D eigenvalue weighted by molar-refractivity contribution is 5.86. The first-order valence-electron chi connectivity index (χ1n) is 6.96. The molecule has 2 aromatic heterocycles. The summed E-state index contributed by atoms with van der Waals surface area (Å²) in [6.45, 7) is 8.28. The quantitative estimate of drug-likeness (QED) is 0.744. The van der Waals surface area contributed by atoms with Crippen LogP contribution in [-0.4, -0.2) is 20.0 Å². The molecule has 3 aromatic rings. The predicted octanol–water partition coefficient (Wildman–Crippen LogP) is 3.00. The number of nitrogens with zero attached hydrogens (tertiary/aromatic N) is 4. The Labute approximate surface area is 123 Å². The second-order valence-corrected chi connectivity index (χ2v) is 6.29. The summed E-state index contributed by atoms with van der Waals surface area (Å²) in [5, 5.41) is 9.36. The molecule has 0 amide bonds. The average molecular weight is 281 g/mol. The zero-order chi connectivity index (χ0) is 15.2. The van der Waals surface area contributed by atoms with Crippen LogP contribution in [0.15, 0.2) is 30.3 Å². The summed E-state index contributed by atoms with van der Waals surface area (Å²) in [7, 11) is 0. The minimum Gasteiger partial charge on any atom is -0.381 e. The van der Waals surface area contributed by atoms with Crippen molar-refractivity contribution in [1.82, 2.24) is 20.0 Å². The number of aryl methyl sites for hydroxylation is 1. The maximum absolute atomic E-state index is 6.02. The Balaban J connectivity index is 2.34. The van der Waals surface area contributed by atoms with E-state index in [2.05, 4.69) is 42.1 Å². The molecule has 0 aliphatic carbocycles. The van der Waals surface area contributed by atoms with Crippen LogP contribution in [0, 0.1) is 6.92 Å². The molecule has 108 valence electrons. The summed E-state index contributed by atoms with van der Waals surface area (Å²) >= 11 is 0. The van der Waals surface area contributed by atoms with Gasteiger partial charge in [0.2, 0.25) is 0 Å². The summed E-state index contributed by atoms with van der Waals surface area (Å²) in [4.78, 5) is 4.65. The van der Waals surface area contributed by atoms with Crippen molar-refractivity contribution in [3.63, 3.8) is 0 Å². The molecule has 0 saturated heterocycles. The summed E-state index contributed by atoms with van der Waals surface area (Å²) in [5.41, 5.74) is 9.56. The summed E-state index contributed by atoms with van der Waals surface area (Å²) in [6, 6.07) is 10.1. The summed E-state index contributed by atoms with van der Waals surface area (Å²) in [6.07, 6.45) is 0. The number of hydrogen-bond acceptors (Lipinski definition) is 4. The average Bonchev–Trinajstić information content (AvgIpc) is 2.79. The van der Waals surface area contributed by atoms with Gasteiger partial charge in [-0.2, -0.15) is 0 Å². The Morgan fingerprint density at radius 3 is 2.57 bits per heavy atom. The van der Waals surface area contributed by atoms with Crippen molar-refractivity contribution in [2.24, 2.45) is 0 Å². The van der Waals surface area contributed by atoms with Gasteiger partial charge in [-0.1, -0.05) is 44.2 Å². The van der Waals surface area contributed by atoms with E-state index in [1.165, 1.54) is 0 Å². The number of pyridine rings is 1. The van der Waals surface area contributed by atoms with Gasteiger partial charge in [0, 0.05) is 16.5 Å². The van der Waals surface area contributed by atoms with Gasteiger partial charge in [-0.05, 0) is 19.1 Å². The van der Waals surface area contributed by atoms with Crippen LogP contribution in [0.4, 0.5) is 5.82 Å². The number of anilines is 1. The van der Waals surface area contributed by atoms with Crippen molar-refractivity contribution in [3.05, 3.63) is 41.7 Å². The summed E-state index contributed by atoms with van der Waals surface area (Å²) in [5.74, 6) is 0.465. The van der Waals surface area contributed by atoms with E-state index in [4.69, 9.17) is 5.73 Å². The zero-order valence-electron chi connectivity index (χ0n) is 12.8. The molecule has 0 unspecified atom stereocenters. The maximum Gasteiger partial charge on any atom is 0.170 e. The molecule has 0 fully saturated rings. The first-order chi connectivity index (χ1) is 9.88. The molecule has 3 rings (SSSR count). The van der Waals surface area contributed by atoms with E-state index in [9.17, 15) is 0 Å². The molecule has 0 aliphatic rings. The van der Waals surface area contributed by atoms with Crippen LogP contribution in [-0.2, 0) is 5.41 Å². The SMILES string of the molecule is Cc1ccc2cccc(-n3nnc(N)c3C(C)(C)C)c2n1. The van der Waals surface area contributed by atoms with Crippen molar-refractivity contribution >= 4 is 16.7 Å². The van der Waals surface area contributed by atoms with Crippen molar-refractivity contribution in [3.8, 4) is 5.69 Å². The topological polar surface area (TPSA) is 69.6 Å². The van der Waals surface area contributed by atoms with Crippen LogP contribution in [0.25, 0.3) is 16.6 Å². The van der Waals surface area contributed by atoms with E-state index >= 15 is 0 Å². The van der Waals surface area contributed by atoms with E-state index in [-0.39, 0.29) is 5.41 Å². The molecule has 2 N–H and O–H groups in total. The Morgan fingerprint density at radius 2 is 1.86 bits per heavy atom. The lowest BCUT2D eigenvalue weighted by Crippen LogP contribution is -2.19. The lowest BCUT2D eigenvalue weighted by atomic mass is 9.91. The van der Waals surface area contributed by atoms with Crippen molar-refractivity contribution in [1.29, 1.82) is 0 Å². The minimum atomic E-state index is -0.153. The molecule has 0 bridgehead atoms. The first-order valence-corrected chi connectivity index (χ1v) is 6.96. The van der Waals surface area contributed by atoms with Gasteiger partial charge in [-0.3, -0.25) is 4.98 Å². The van der Waals surface area contributed by atoms with Gasteiger partial charge in [0.05, 0.1) is 16.9 Å². The van der Waals surface area contributed by atoms with Gasteiger partial charge in [0.1, 0.15) is 0 Å². The number of rotatable bonds is 1.